The minimum absolute atomic E-state index is 0.0858. The molecule has 152 valence electrons. The van der Waals surface area contributed by atoms with Crippen molar-refractivity contribution in [3.8, 4) is 39.9 Å². The van der Waals surface area contributed by atoms with Crippen molar-refractivity contribution in [2.24, 2.45) is 11.8 Å². The van der Waals surface area contributed by atoms with Crippen molar-refractivity contribution in [1.29, 1.82) is 0 Å². The van der Waals surface area contributed by atoms with Crippen molar-refractivity contribution >= 4 is 5.97 Å². The van der Waals surface area contributed by atoms with Gasteiger partial charge in [0, 0.05) is 11.5 Å². The minimum Gasteiger partial charge on any atom is -0.493 e. The Morgan fingerprint density at radius 3 is 2.34 bits per heavy atom. The molecule has 1 aliphatic carbocycles. The van der Waals surface area contributed by atoms with Gasteiger partial charge in [-0.25, -0.2) is 0 Å². The van der Waals surface area contributed by atoms with Gasteiger partial charge < -0.3 is 28.4 Å². The normalized spacial score (nSPS) is 21.3. The number of fused-ring (bicyclic) bond motifs is 5. The van der Waals surface area contributed by atoms with E-state index < -0.39 is 0 Å². The molecule has 29 heavy (non-hydrogen) atoms. The third-order valence-electron chi connectivity index (χ3n) is 6.01. The summed E-state index contributed by atoms with van der Waals surface area (Å²) in [7, 11) is 4.81. The Kier molecular flexibility index (Phi) is 4.19. The van der Waals surface area contributed by atoms with Crippen molar-refractivity contribution < 1.29 is 33.2 Å². The number of hydrogen-bond donors (Lipinski definition) is 0. The third kappa shape index (κ3) is 2.68. The summed E-state index contributed by atoms with van der Waals surface area (Å²) in [5.74, 6) is 2.84. The van der Waals surface area contributed by atoms with E-state index in [2.05, 4.69) is 0 Å². The Labute approximate surface area is 168 Å². The number of rotatable bonds is 3. The first-order valence-electron chi connectivity index (χ1n) is 9.56. The van der Waals surface area contributed by atoms with Gasteiger partial charge >= 0.3 is 5.97 Å². The van der Waals surface area contributed by atoms with Crippen LogP contribution in [0.25, 0.3) is 11.1 Å². The first-order chi connectivity index (χ1) is 14.1. The smallest absolute Gasteiger partial charge is 0.309 e. The molecule has 0 N–H and O–H groups in total. The molecule has 0 radical (unpaired) electrons. The fraction of sp³-hybridized carbons (Fsp3) is 0.409. The van der Waals surface area contributed by atoms with E-state index in [0.29, 0.717) is 48.2 Å². The van der Waals surface area contributed by atoms with E-state index in [1.807, 2.05) is 18.2 Å². The van der Waals surface area contributed by atoms with Crippen LogP contribution in [0, 0.1) is 11.8 Å². The second-order valence-electron chi connectivity index (χ2n) is 7.45. The lowest BCUT2D eigenvalue weighted by molar-refractivity contribution is -0.141. The number of methoxy groups -OCH3 is 3. The molecule has 0 aromatic heterocycles. The number of carbonyl (C=O) groups is 1. The van der Waals surface area contributed by atoms with Crippen LogP contribution >= 0.6 is 0 Å². The zero-order valence-electron chi connectivity index (χ0n) is 16.6. The molecule has 5 rings (SSSR count). The summed E-state index contributed by atoms with van der Waals surface area (Å²) >= 11 is 0. The molecule has 2 aromatic rings. The van der Waals surface area contributed by atoms with E-state index in [0.717, 1.165) is 22.3 Å². The first-order valence-corrected chi connectivity index (χ1v) is 9.56. The molecule has 1 saturated heterocycles. The zero-order valence-corrected chi connectivity index (χ0v) is 16.6. The number of cyclic esters (lactones) is 1. The fourth-order valence-corrected chi connectivity index (χ4v) is 4.62. The minimum atomic E-state index is -0.193. The van der Waals surface area contributed by atoms with Crippen molar-refractivity contribution in [3.05, 3.63) is 29.3 Å². The van der Waals surface area contributed by atoms with Crippen LogP contribution < -0.4 is 23.7 Å². The molecule has 0 bridgehead atoms. The Bertz CT molecular complexity index is 997. The van der Waals surface area contributed by atoms with Gasteiger partial charge in [0.05, 0.1) is 33.9 Å². The number of ether oxygens (including phenoxy) is 6. The van der Waals surface area contributed by atoms with Crippen molar-refractivity contribution in [2.75, 3.05) is 34.7 Å². The lowest BCUT2D eigenvalue weighted by Gasteiger charge is -2.27. The molecule has 0 spiro atoms. The number of benzene rings is 2. The molecule has 2 unspecified atom stereocenters. The van der Waals surface area contributed by atoms with Gasteiger partial charge in [-0.1, -0.05) is 0 Å². The third-order valence-corrected chi connectivity index (χ3v) is 6.01. The SMILES string of the molecule is COc1cc2c(c(OC)c1OC)-c1cc3c(cc1CC1C(=O)OCC1C2)OCO3. The van der Waals surface area contributed by atoms with E-state index >= 15 is 0 Å². The van der Waals surface area contributed by atoms with E-state index in [1.54, 1.807) is 21.3 Å². The van der Waals surface area contributed by atoms with E-state index in [1.165, 1.54) is 0 Å². The Morgan fingerprint density at radius 2 is 1.62 bits per heavy atom. The van der Waals surface area contributed by atoms with Crippen LogP contribution in [0.15, 0.2) is 18.2 Å². The average molecular weight is 398 g/mol. The molecule has 2 aromatic carbocycles. The van der Waals surface area contributed by atoms with Crippen molar-refractivity contribution in [2.45, 2.75) is 12.8 Å². The van der Waals surface area contributed by atoms with Crippen molar-refractivity contribution in [1.82, 2.24) is 0 Å². The maximum absolute atomic E-state index is 12.4. The summed E-state index contributed by atoms with van der Waals surface area (Å²) < 4.78 is 33.6. The summed E-state index contributed by atoms with van der Waals surface area (Å²) in [6, 6.07) is 5.90. The van der Waals surface area contributed by atoms with Crippen LogP contribution in [0.4, 0.5) is 0 Å². The molecule has 0 saturated carbocycles. The van der Waals surface area contributed by atoms with Gasteiger partial charge in [0.15, 0.2) is 23.0 Å². The molecular weight excluding hydrogens is 376 g/mol. The molecule has 2 aliphatic heterocycles. The maximum atomic E-state index is 12.4. The van der Waals surface area contributed by atoms with Crippen LogP contribution in [0.1, 0.15) is 11.1 Å². The quantitative estimate of drug-likeness (QED) is 0.736. The highest BCUT2D eigenvalue weighted by molar-refractivity contribution is 5.85. The van der Waals surface area contributed by atoms with Crippen LogP contribution in [-0.4, -0.2) is 40.7 Å². The van der Waals surface area contributed by atoms with Gasteiger partial charge in [0.1, 0.15) is 0 Å². The molecule has 2 atom stereocenters. The molecular formula is C22H22O7. The van der Waals surface area contributed by atoms with Gasteiger partial charge in [-0.15, -0.1) is 0 Å². The Hall–Kier alpha value is -3.09. The van der Waals surface area contributed by atoms with Gasteiger partial charge in [-0.2, -0.15) is 0 Å². The predicted molar refractivity (Wildman–Crippen MR) is 103 cm³/mol. The highest BCUT2D eigenvalue weighted by atomic mass is 16.7. The number of carbonyl (C=O) groups excluding carboxylic acids is 1. The lowest BCUT2D eigenvalue weighted by Crippen LogP contribution is -2.23. The summed E-state index contributed by atoms with van der Waals surface area (Å²) in [6.45, 7) is 0.599. The first kappa shape index (κ1) is 18.0. The standard InChI is InChI=1S/C22H22O7/c1-24-18-7-12-4-13-9-27-22(23)15(13)5-11-6-16-17(29-10-28-16)8-14(11)19(12)21(26-3)20(18)25-2/h6-8,13,15H,4-5,9-10H2,1-3H3. The highest BCUT2D eigenvalue weighted by Crippen LogP contribution is 2.52. The van der Waals surface area contributed by atoms with Crippen LogP contribution in [-0.2, 0) is 22.4 Å². The van der Waals surface area contributed by atoms with Gasteiger partial charge in [-0.3, -0.25) is 4.79 Å². The van der Waals surface area contributed by atoms with E-state index in [9.17, 15) is 4.79 Å². The molecule has 7 nitrogen and oxygen atoms in total. The van der Waals surface area contributed by atoms with Gasteiger partial charge in [0.25, 0.3) is 0 Å². The molecule has 7 heteroatoms. The second-order valence-corrected chi connectivity index (χ2v) is 7.45. The van der Waals surface area contributed by atoms with E-state index in [4.69, 9.17) is 28.4 Å². The fourth-order valence-electron chi connectivity index (χ4n) is 4.62. The largest absolute Gasteiger partial charge is 0.493 e. The summed E-state index contributed by atoms with van der Waals surface area (Å²) in [5.41, 5.74) is 3.89. The van der Waals surface area contributed by atoms with Crippen LogP contribution in [0.2, 0.25) is 0 Å². The molecule has 2 heterocycles. The maximum Gasteiger partial charge on any atom is 0.309 e. The molecule has 3 aliphatic rings. The Morgan fingerprint density at radius 1 is 0.862 bits per heavy atom. The Balaban J connectivity index is 1.81. The number of hydrogen-bond acceptors (Lipinski definition) is 7. The average Bonchev–Trinajstić information content (AvgIpc) is 3.32. The monoisotopic (exact) mass is 398 g/mol. The van der Waals surface area contributed by atoms with E-state index in [-0.39, 0.29) is 24.6 Å². The summed E-state index contributed by atoms with van der Waals surface area (Å²) in [6.07, 6.45) is 1.25. The van der Waals surface area contributed by atoms with Crippen LogP contribution in [0.3, 0.4) is 0 Å². The predicted octanol–water partition coefficient (Wildman–Crippen LogP) is 3.00. The summed E-state index contributed by atoms with van der Waals surface area (Å²) in [5, 5.41) is 0. The van der Waals surface area contributed by atoms with Gasteiger partial charge in [0.2, 0.25) is 12.5 Å². The van der Waals surface area contributed by atoms with Gasteiger partial charge in [-0.05, 0) is 47.7 Å². The summed E-state index contributed by atoms with van der Waals surface area (Å²) in [4.78, 5) is 12.4. The molecule has 1 fully saturated rings. The number of esters is 1. The zero-order chi connectivity index (χ0) is 20.1. The highest BCUT2D eigenvalue weighted by Gasteiger charge is 2.40. The molecule has 0 amide bonds. The topological polar surface area (TPSA) is 72.5 Å². The second kappa shape index (κ2) is 6.76. The van der Waals surface area contributed by atoms with Crippen LogP contribution in [0.5, 0.6) is 28.7 Å². The lowest BCUT2D eigenvalue weighted by atomic mass is 9.77. The van der Waals surface area contributed by atoms with Crippen molar-refractivity contribution in [3.63, 3.8) is 0 Å².